The number of aromatic nitrogens is 2. The number of carbonyl (C=O) groups excluding carboxylic acids is 2. The van der Waals surface area contributed by atoms with Gasteiger partial charge in [-0.15, -0.1) is 11.3 Å². The van der Waals surface area contributed by atoms with Crippen molar-refractivity contribution >= 4 is 45.7 Å². The summed E-state index contributed by atoms with van der Waals surface area (Å²) in [4.78, 5) is 26.7. The molecule has 2 saturated carbocycles. The highest BCUT2D eigenvalue weighted by molar-refractivity contribution is 7.15. The number of hydrogen-bond acceptors (Lipinski definition) is 5. The predicted octanol–water partition coefficient (Wildman–Crippen LogP) is 6.71. The van der Waals surface area contributed by atoms with E-state index < -0.39 is 0 Å². The fourth-order valence-electron chi connectivity index (χ4n) is 6.26. The zero-order valence-electron chi connectivity index (χ0n) is 21.3. The number of halogens is 1. The fraction of sp³-hybridized carbons (Fsp3) is 0.367. The van der Waals surface area contributed by atoms with Gasteiger partial charge in [0, 0.05) is 28.1 Å². The first kappa shape index (κ1) is 25.1. The van der Waals surface area contributed by atoms with Crippen LogP contribution in [0.5, 0.6) is 0 Å². The van der Waals surface area contributed by atoms with Gasteiger partial charge >= 0.3 is 5.97 Å². The van der Waals surface area contributed by atoms with Gasteiger partial charge in [-0.2, -0.15) is 5.10 Å². The number of esters is 1. The first-order chi connectivity index (χ1) is 18.4. The highest BCUT2D eigenvalue weighted by Crippen LogP contribution is 2.59. The number of amides is 1. The molecule has 8 heteroatoms. The minimum absolute atomic E-state index is 0.0739. The largest absolute Gasteiger partial charge is 0.466 e. The summed E-state index contributed by atoms with van der Waals surface area (Å²) in [6.45, 7) is 2.53. The van der Waals surface area contributed by atoms with Crippen LogP contribution in [0.25, 0.3) is 21.3 Å². The summed E-state index contributed by atoms with van der Waals surface area (Å²) in [5, 5.41) is 9.25. The van der Waals surface area contributed by atoms with Gasteiger partial charge in [-0.05, 0) is 73.3 Å². The van der Waals surface area contributed by atoms with Gasteiger partial charge < -0.3 is 10.1 Å². The van der Waals surface area contributed by atoms with Crippen molar-refractivity contribution in [1.82, 2.24) is 15.1 Å². The molecule has 0 aliphatic heterocycles. The number of thiophene rings is 1. The molecule has 1 amide bonds. The molecule has 0 saturated heterocycles. The maximum Gasteiger partial charge on any atom is 0.302 e. The van der Waals surface area contributed by atoms with E-state index in [1.165, 1.54) is 17.4 Å². The van der Waals surface area contributed by atoms with Gasteiger partial charge in [-0.3, -0.25) is 14.3 Å². The molecule has 0 bridgehead atoms. The molecule has 2 aliphatic carbocycles. The standard InChI is InChI=1S/C30H30ClN3O3S/c1-19(35)37-12-11-20-13-30(14-20)15-22(16-30)33-29(36)24-8-9-26(31)25-17-32-34(28(24)25)18-23-7-10-27(38-23)21-5-3-2-4-6-21/h2-10,17,20,22H,11-16,18H2,1H3,(H,33,36). The van der Waals surface area contributed by atoms with Crippen LogP contribution in [-0.4, -0.2) is 34.3 Å². The molecule has 2 aromatic carbocycles. The Morgan fingerprint density at radius 1 is 1.11 bits per heavy atom. The van der Waals surface area contributed by atoms with Crippen LogP contribution < -0.4 is 5.32 Å². The number of hydrogen-bond donors (Lipinski definition) is 1. The molecule has 38 heavy (non-hydrogen) atoms. The number of ether oxygens (including phenoxy) is 1. The Bertz CT molecular complexity index is 1480. The summed E-state index contributed by atoms with van der Waals surface area (Å²) in [7, 11) is 0. The van der Waals surface area contributed by atoms with Gasteiger partial charge in [-0.25, -0.2) is 0 Å². The molecule has 2 aromatic heterocycles. The second-order valence-corrected chi connectivity index (χ2v) is 12.3. The van der Waals surface area contributed by atoms with E-state index in [4.69, 9.17) is 16.3 Å². The monoisotopic (exact) mass is 547 g/mol. The van der Waals surface area contributed by atoms with E-state index in [1.807, 2.05) is 28.9 Å². The summed E-state index contributed by atoms with van der Waals surface area (Å²) >= 11 is 8.23. The fourth-order valence-corrected chi connectivity index (χ4v) is 7.46. The quantitative estimate of drug-likeness (QED) is 0.249. The maximum absolute atomic E-state index is 13.4. The number of nitrogens with zero attached hydrogens (tertiary/aromatic N) is 2. The van der Waals surface area contributed by atoms with Crippen LogP contribution in [-0.2, 0) is 16.1 Å². The lowest BCUT2D eigenvalue weighted by Gasteiger charge is -2.58. The summed E-state index contributed by atoms with van der Waals surface area (Å²) in [6, 6.07) is 18.4. The highest BCUT2D eigenvalue weighted by Gasteiger charge is 2.52. The van der Waals surface area contributed by atoms with E-state index >= 15 is 0 Å². The molecule has 0 radical (unpaired) electrons. The number of carbonyl (C=O) groups is 2. The SMILES string of the molecule is CC(=O)OCCC1CC2(C1)CC(NC(=O)c1ccc(Cl)c3cnn(Cc4ccc(-c5ccccc5)s4)c13)C2. The molecule has 1 N–H and O–H groups in total. The van der Waals surface area contributed by atoms with Gasteiger partial charge in [-0.1, -0.05) is 41.9 Å². The van der Waals surface area contributed by atoms with E-state index in [9.17, 15) is 9.59 Å². The first-order valence-corrected chi connectivity index (χ1v) is 14.3. The highest BCUT2D eigenvalue weighted by atomic mass is 35.5. The number of rotatable bonds is 8. The molecule has 0 unspecified atom stereocenters. The summed E-state index contributed by atoms with van der Waals surface area (Å²) in [5.74, 6) is 0.335. The van der Waals surface area contributed by atoms with E-state index in [0.717, 1.165) is 47.9 Å². The molecule has 4 aromatic rings. The van der Waals surface area contributed by atoms with Crippen LogP contribution in [0.2, 0.25) is 5.02 Å². The molecule has 2 fully saturated rings. The number of nitrogens with one attached hydrogen (secondary N) is 1. The van der Waals surface area contributed by atoms with Crippen molar-refractivity contribution in [2.24, 2.45) is 11.3 Å². The molecule has 2 heterocycles. The Balaban J connectivity index is 1.12. The molecule has 2 aliphatic rings. The van der Waals surface area contributed by atoms with Gasteiger partial charge in [0.25, 0.3) is 5.91 Å². The smallest absolute Gasteiger partial charge is 0.302 e. The Labute approximate surface area is 230 Å². The predicted molar refractivity (Wildman–Crippen MR) is 150 cm³/mol. The molecule has 196 valence electrons. The molecule has 1 spiro atoms. The van der Waals surface area contributed by atoms with Crippen LogP contribution >= 0.6 is 22.9 Å². The lowest BCUT2D eigenvalue weighted by Crippen LogP contribution is -2.56. The van der Waals surface area contributed by atoms with Gasteiger partial charge in [0.15, 0.2) is 0 Å². The van der Waals surface area contributed by atoms with Gasteiger partial charge in [0.05, 0.1) is 35.5 Å². The van der Waals surface area contributed by atoms with Gasteiger partial charge in [0.1, 0.15) is 0 Å². The van der Waals surface area contributed by atoms with E-state index in [1.54, 1.807) is 23.6 Å². The normalized spacial score (nSPS) is 22.2. The molecule has 6 rings (SSSR count). The van der Waals surface area contributed by atoms with Crippen molar-refractivity contribution in [3.63, 3.8) is 0 Å². The second kappa shape index (κ2) is 10.2. The lowest BCUT2D eigenvalue weighted by molar-refractivity contribution is -0.142. The van der Waals surface area contributed by atoms with E-state index in [-0.39, 0.29) is 17.9 Å². The van der Waals surface area contributed by atoms with Crippen LogP contribution in [0.4, 0.5) is 0 Å². The van der Waals surface area contributed by atoms with Crippen molar-refractivity contribution in [3.8, 4) is 10.4 Å². The summed E-state index contributed by atoms with van der Waals surface area (Å²) in [6.07, 6.45) is 7.02. The molecular formula is C30H30ClN3O3S. The van der Waals surface area contributed by atoms with Crippen molar-refractivity contribution in [2.45, 2.75) is 51.6 Å². The number of benzene rings is 2. The Morgan fingerprint density at radius 2 is 1.89 bits per heavy atom. The summed E-state index contributed by atoms with van der Waals surface area (Å²) < 4.78 is 6.97. The van der Waals surface area contributed by atoms with Gasteiger partial charge in [0.2, 0.25) is 0 Å². The minimum Gasteiger partial charge on any atom is -0.466 e. The second-order valence-electron chi connectivity index (χ2n) is 10.8. The first-order valence-electron chi connectivity index (χ1n) is 13.1. The number of fused-ring (bicyclic) bond motifs is 1. The van der Waals surface area contributed by atoms with Crippen LogP contribution in [0.15, 0.2) is 60.8 Å². The lowest BCUT2D eigenvalue weighted by atomic mass is 9.49. The van der Waals surface area contributed by atoms with Crippen LogP contribution in [0.1, 0.15) is 54.3 Å². The molecular weight excluding hydrogens is 518 g/mol. The Kier molecular flexibility index (Phi) is 6.74. The molecule has 0 atom stereocenters. The van der Waals surface area contributed by atoms with Crippen LogP contribution in [0.3, 0.4) is 0 Å². The average molecular weight is 548 g/mol. The molecule has 6 nitrogen and oxygen atoms in total. The van der Waals surface area contributed by atoms with Crippen molar-refractivity contribution in [2.75, 3.05) is 6.61 Å². The Hall–Kier alpha value is -3.16. The third kappa shape index (κ3) is 4.97. The topological polar surface area (TPSA) is 73.2 Å². The van der Waals surface area contributed by atoms with Crippen molar-refractivity contribution in [3.05, 3.63) is 76.3 Å². The van der Waals surface area contributed by atoms with Crippen molar-refractivity contribution < 1.29 is 14.3 Å². The third-order valence-electron chi connectivity index (χ3n) is 7.99. The minimum atomic E-state index is -0.213. The Morgan fingerprint density at radius 3 is 2.66 bits per heavy atom. The third-order valence-corrected chi connectivity index (χ3v) is 9.44. The van der Waals surface area contributed by atoms with E-state index in [2.05, 4.69) is 34.7 Å². The summed E-state index contributed by atoms with van der Waals surface area (Å²) in [5.41, 5.74) is 2.92. The van der Waals surface area contributed by atoms with Crippen LogP contribution in [0, 0.1) is 11.3 Å². The zero-order chi connectivity index (χ0) is 26.3. The zero-order valence-corrected chi connectivity index (χ0v) is 22.9. The van der Waals surface area contributed by atoms with E-state index in [0.29, 0.717) is 35.1 Å². The van der Waals surface area contributed by atoms with Crippen molar-refractivity contribution in [1.29, 1.82) is 0 Å². The average Bonchev–Trinajstić information content (AvgIpc) is 3.50. The maximum atomic E-state index is 13.4.